The summed E-state index contributed by atoms with van der Waals surface area (Å²) in [6.07, 6.45) is 4.83. The van der Waals surface area contributed by atoms with E-state index in [1.54, 1.807) is 32.4 Å². The Morgan fingerprint density at radius 1 is 0.828 bits per heavy atom. The van der Waals surface area contributed by atoms with Gasteiger partial charge in [0.25, 0.3) is 5.91 Å². The minimum Gasteiger partial charge on any atom is -0.493 e. The summed E-state index contributed by atoms with van der Waals surface area (Å²) in [5, 5.41) is 3.15. The van der Waals surface area contributed by atoms with Crippen LogP contribution in [0.1, 0.15) is 36.0 Å². The second-order valence-electron chi connectivity index (χ2n) is 7.61. The molecule has 0 spiro atoms. The Bertz CT molecular complexity index is 872. The van der Waals surface area contributed by atoms with Crippen LogP contribution < -0.4 is 24.6 Å². The van der Waals surface area contributed by atoms with E-state index in [0.29, 0.717) is 17.1 Å². The number of hydrogen-bond donors (Lipinski definition) is 1. The van der Waals surface area contributed by atoms with Gasteiger partial charge in [0, 0.05) is 37.4 Å². The molecule has 4 rings (SSSR count). The van der Waals surface area contributed by atoms with Crippen molar-refractivity contribution < 1.29 is 14.3 Å². The van der Waals surface area contributed by atoms with Gasteiger partial charge in [-0.15, -0.1) is 0 Å². The Kier molecular flexibility index (Phi) is 5.79. The molecule has 2 aromatic carbocycles. The highest BCUT2D eigenvalue weighted by Gasteiger charge is 2.21. The maximum atomic E-state index is 13.0. The molecule has 1 N–H and O–H groups in total. The molecule has 0 saturated carbocycles. The quantitative estimate of drug-likeness (QED) is 0.796. The largest absolute Gasteiger partial charge is 0.493 e. The molecular weight excluding hydrogens is 366 g/mol. The number of benzene rings is 2. The van der Waals surface area contributed by atoms with E-state index in [-0.39, 0.29) is 5.91 Å². The SMILES string of the molecule is COc1ccc(C(=O)Nc2cc(N3CCCC3)ccc2N2CCCC2)cc1OC. The van der Waals surface area contributed by atoms with Gasteiger partial charge < -0.3 is 24.6 Å². The lowest BCUT2D eigenvalue weighted by molar-refractivity contribution is 0.102. The molecule has 2 aromatic rings. The summed E-state index contributed by atoms with van der Waals surface area (Å²) in [4.78, 5) is 17.8. The minimum atomic E-state index is -0.148. The van der Waals surface area contributed by atoms with Crippen LogP contribution in [0.3, 0.4) is 0 Å². The van der Waals surface area contributed by atoms with Gasteiger partial charge in [0.05, 0.1) is 25.6 Å². The smallest absolute Gasteiger partial charge is 0.255 e. The Morgan fingerprint density at radius 3 is 2.14 bits per heavy atom. The average Bonchev–Trinajstić information content (AvgIpc) is 3.47. The first-order valence-electron chi connectivity index (χ1n) is 10.4. The summed E-state index contributed by atoms with van der Waals surface area (Å²) in [5.74, 6) is 1.01. The van der Waals surface area contributed by atoms with Crippen molar-refractivity contribution in [3.8, 4) is 11.5 Å². The monoisotopic (exact) mass is 395 g/mol. The topological polar surface area (TPSA) is 54.0 Å². The van der Waals surface area contributed by atoms with Gasteiger partial charge in [-0.25, -0.2) is 0 Å². The molecule has 6 nitrogen and oxygen atoms in total. The van der Waals surface area contributed by atoms with Crippen LogP contribution in [0.15, 0.2) is 36.4 Å². The number of amides is 1. The molecule has 0 bridgehead atoms. The fourth-order valence-electron chi connectivity index (χ4n) is 4.20. The Balaban J connectivity index is 1.63. The zero-order valence-electron chi connectivity index (χ0n) is 17.2. The van der Waals surface area contributed by atoms with E-state index in [2.05, 4.69) is 33.3 Å². The average molecular weight is 396 g/mol. The van der Waals surface area contributed by atoms with E-state index in [1.165, 1.54) is 31.4 Å². The predicted molar refractivity (Wildman–Crippen MR) is 117 cm³/mol. The third-order valence-electron chi connectivity index (χ3n) is 5.79. The zero-order valence-corrected chi connectivity index (χ0v) is 17.2. The number of nitrogens with zero attached hydrogens (tertiary/aromatic N) is 2. The molecule has 0 atom stereocenters. The van der Waals surface area contributed by atoms with E-state index >= 15 is 0 Å². The predicted octanol–water partition coefficient (Wildman–Crippen LogP) is 4.16. The van der Waals surface area contributed by atoms with Gasteiger partial charge >= 0.3 is 0 Å². The fourth-order valence-corrected chi connectivity index (χ4v) is 4.20. The van der Waals surface area contributed by atoms with Crippen LogP contribution in [0.25, 0.3) is 0 Å². The van der Waals surface area contributed by atoms with Gasteiger partial charge in [-0.2, -0.15) is 0 Å². The van der Waals surface area contributed by atoms with Crippen LogP contribution in [0.4, 0.5) is 17.1 Å². The molecule has 0 radical (unpaired) electrons. The zero-order chi connectivity index (χ0) is 20.2. The highest BCUT2D eigenvalue weighted by Crippen LogP contribution is 2.35. The van der Waals surface area contributed by atoms with Crippen molar-refractivity contribution >= 4 is 23.0 Å². The van der Waals surface area contributed by atoms with Crippen LogP contribution >= 0.6 is 0 Å². The highest BCUT2D eigenvalue weighted by atomic mass is 16.5. The van der Waals surface area contributed by atoms with Crippen molar-refractivity contribution in [2.45, 2.75) is 25.7 Å². The molecule has 6 heteroatoms. The van der Waals surface area contributed by atoms with Gasteiger partial charge in [-0.3, -0.25) is 4.79 Å². The molecule has 2 aliphatic heterocycles. The molecular formula is C23H29N3O3. The summed E-state index contributed by atoms with van der Waals surface area (Å²) in [6, 6.07) is 11.7. The first-order chi connectivity index (χ1) is 14.2. The van der Waals surface area contributed by atoms with Crippen molar-refractivity contribution in [2.24, 2.45) is 0 Å². The van der Waals surface area contributed by atoms with Gasteiger partial charge in [0.1, 0.15) is 0 Å². The van der Waals surface area contributed by atoms with Crippen molar-refractivity contribution in [1.29, 1.82) is 0 Å². The summed E-state index contributed by atoms with van der Waals surface area (Å²) >= 11 is 0. The lowest BCUT2D eigenvalue weighted by Gasteiger charge is -2.25. The molecule has 2 saturated heterocycles. The van der Waals surface area contributed by atoms with Gasteiger partial charge in [-0.1, -0.05) is 0 Å². The second kappa shape index (κ2) is 8.64. The van der Waals surface area contributed by atoms with Crippen LogP contribution in [0.5, 0.6) is 11.5 Å². The molecule has 2 aliphatic rings. The fraction of sp³-hybridized carbons (Fsp3) is 0.435. The van der Waals surface area contributed by atoms with E-state index in [1.807, 2.05) is 0 Å². The van der Waals surface area contributed by atoms with E-state index < -0.39 is 0 Å². The third-order valence-corrected chi connectivity index (χ3v) is 5.79. The van der Waals surface area contributed by atoms with Gasteiger partial charge in [0.2, 0.25) is 0 Å². The number of methoxy groups -OCH3 is 2. The summed E-state index contributed by atoms with van der Waals surface area (Å²) < 4.78 is 10.6. The number of anilines is 3. The van der Waals surface area contributed by atoms with Crippen molar-refractivity contribution in [3.05, 3.63) is 42.0 Å². The molecule has 0 aliphatic carbocycles. The number of hydrogen-bond acceptors (Lipinski definition) is 5. The molecule has 154 valence electrons. The number of carbonyl (C=O) groups is 1. The van der Waals surface area contributed by atoms with E-state index in [9.17, 15) is 4.79 Å². The van der Waals surface area contributed by atoms with Gasteiger partial charge in [-0.05, 0) is 62.1 Å². The van der Waals surface area contributed by atoms with Crippen LogP contribution in [0.2, 0.25) is 0 Å². The molecule has 0 aromatic heterocycles. The highest BCUT2D eigenvalue weighted by molar-refractivity contribution is 6.06. The number of carbonyl (C=O) groups excluding carboxylic acids is 1. The summed E-state index contributed by atoms with van der Waals surface area (Å²) in [5.41, 5.74) is 3.69. The summed E-state index contributed by atoms with van der Waals surface area (Å²) in [7, 11) is 3.16. The van der Waals surface area contributed by atoms with Crippen molar-refractivity contribution in [3.63, 3.8) is 0 Å². The third kappa shape index (κ3) is 4.11. The minimum absolute atomic E-state index is 0.148. The van der Waals surface area contributed by atoms with Crippen LogP contribution in [-0.2, 0) is 0 Å². The Hall–Kier alpha value is -2.89. The van der Waals surface area contributed by atoms with Crippen LogP contribution in [0, 0.1) is 0 Å². The van der Waals surface area contributed by atoms with E-state index in [4.69, 9.17) is 9.47 Å². The molecule has 0 unspecified atom stereocenters. The normalized spacial score (nSPS) is 16.2. The number of rotatable bonds is 6. The standard InChI is InChI=1S/C23H29N3O3/c1-28-21-10-7-17(15-22(21)29-2)23(27)24-19-16-18(25-11-3-4-12-25)8-9-20(19)26-13-5-6-14-26/h7-10,15-16H,3-6,11-14H2,1-2H3,(H,24,27). The van der Waals surface area contributed by atoms with E-state index in [0.717, 1.165) is 37.6 Å². The second-order valence-corrected chi connectivity index (χ2v) is 7.61. The number of ether oxygens (including phenoxy) is 2. The summed E-state index contributed by atoms with van der Waals surface area (Å²) in [6.45, 7) is 4.21. The maximum Gasteiger partial charge on any atom is 0.255 e. The maximum absolute atomic E-state index is 13.0. The Labute approximate surface area is 172 Å². The van der Waals surface area contributed by atoms with Crippen LogP contribution in [-0.4, -0.2) is 46.3 Å². The van der Waals surface area contributed by atoms with Gasteiger partial charge in [0.15, 0.2) is 11.5 Å². The molecule has 2 heterocycles. The molecule has 1 amide bonds. The molecule has 2 fully saturated rings. The van der Waals surface area contributed by atoms with Crippen molar-refractivity contribution in [1.82, 2.24) is 0 Å². The molecule has 29 heavy (non-hydrogen) atoms. The lowest BCUT2D eigenvalue weighted by atomic mass is 10.1. The number of nitrogens with one attached hydrogen (secondary N) is 1. The first-order valence-corrected chi connectivity index (χ1v) is 10.4. The first kappa shape index (κ1) is 19.4. The van der Waals surface area contributed by atoms with Crippen molar-refractivity contribution in [2.75, 3.05) is 55.5 Å². The lowest BCUT2D eigenvalue weighted by Crippen LogP contribution is -2.23. The Morgan fingerprint density at radius 2 is 1.48 bits per heavy atom.